The van der Waals surface area contributed by atoms with Crippen molar-refractivity contribution in [3.63, 3.8) is 0 Å². The second-order valence-electron chi connectivity index (χ2n) is 7.08. The SMILES string of the molecule is Cc1c(Cl)cccc1NC(=O)COC(=O)c1cccc(N2C(=O)c3ccccc3C2=O)c1. The van der Waals surface area contributed by atoms with Crippen molar-refractivity contribution < 1.29 is 23.9 Å². The molecule has 1 aliphatic heterocycles. The Kier molecular flexibility index (Phi) is 5.75. The van der Waals surface area contributed by atoms with Crippen molar-refractivity contribution in [3.8, 4) is 0 Å². The van der Waals surface area contributed by atoms with E-state index in [9.17, 15) is 19.2 Å². The molecule has 4 rings (SSSR count). The van der Waals surface area contributed by atoms with E-state index in [1.807, 2.05) is 0 Å². The number of amides is 3. The lowest BCUT2D eigenvalue weighted by Crippen LogP contribution is -2.29. The van der Waals surface area contributed by atoms with Crippen molar-refractivity contribution in [1.82, 2.24) is 0 Å². The van der Waals surface area contributed by atoms with Crippen molar-refractivity contribution in [2.24, 2.45) is 0 Å². The topological polar surface area (TPSA) is 92.8 Å². The predicted octanol–water partition coefficient (Wildman–Crippen LogP) is 4.24. The molecule has 0 saturated heterocycles. The number of rotatable bonds is 5. The average molecular weight is 449 g/mol. The van der Waals surface area contributed by atoms with Crippen LogP contribution < -0.4 is 10.2 Å². The van der Waals surface area contributed by atoms with E-state index in [4.69, 9.17) is 16.3 Å². The summed E-state index contributed by atoms with van der Waals surface area (Å²) in [5, 5.41) is 3.14. The van der Waals surface area contributed by atoms with Crippen LogP contribution in [-0.4, -0.2) is 30.3 Å². The van der Waals surface area contributed by atoms with E-state index < -0.39 is 30.3 Å². The fourth-order valence-electron chi connectivity index (χ4n) is 3.34. The number of carbonyl (C=O) groups excluding carboxylic acids is 4. The summed E-state index contributed by atoms with van der Waals surface area (Å²) < 4.78 is 5.09. The molecule has 0 radical (unpaired) electrons. The molecule has 0 fully saturated rings. The highest BCUT2D eigenvalue weighted by Crippen LogP contribution is 2.29. The number of hydrogen-bond donors (Lipinski definition) is 1. The van der Waals surface area contributed by atoms with Gasteiger partial charge in [-0.2, -0.15) is 0 Å². The maximum absolute atomic E-state index is 12.7. The molecule has 0 saturated carbocycles. The minimum atomic E-state index is -0.763. The highest BCUT2D eigenvalue weighted by molar-refractivity contribution is 6.34. The molecular weight excluding hydrogens is 432 g/mol. The Bertz CT molecular complexity index is 1240. The number of hydrogen-bond acceptors (Lipinski definition) is 5. The number of nitrogens with zero attached hydrogens (tertiary/aromatic N) is 1. The standard InChI is InChI=1S/C24H17ClN2O5/c1-14-19(25)10-5-11-20(14)26-21(28)13-32-24(31)15-6-4-7-16(12-15)27-22(29)17-8-2-3-9-18(17)23(27)30/h2-12H,13H2,1H3,(H,26,28). The summed E-state index contributed by atoms with van der Waals surface area (Å²) in [6.45, 7) is 1.25. The Morgan fingerprint density at radius 1 is 0.938 bits per heavy atom. The largest absolute Gasteiger partial charge is 0.452 e. The summed E-state index contributed by atoms with van der Waals surface area (Å²) in [5.74, 6) is -2.22. The second kappa shape index (κ2) is 8.64. The lowest BCUT2D eigenvalue weighted by molar-refractivity contribution is -0.119. The lowest BCUT2D eigenvalue weighted by Gasteiger charge is -2.15. The fraction of sp³-hybridized carbons (Fsp3) is 0.0833. The van der Waals surface area contributed by atoms with Gasteiger partial charge in [-0.1, -0.05) is 35.9 Å². The molecule has 0 spiro atoms. The van der Waals surface area contributed by atoms with Crippen LogP contribution in [-0.2, 0) is 9.53 Å². The number of benzene rings is 3. The van der Waals surface area contributed by atoms with Gasteiger partial charge in [0.05, 0.1) is 22.4 Å². The van der Waals surface area contributed by atoms with Gasteiger partial charge < -0.3 is 10.1 Å². The molecule has 160 valence electrons. The summed E-state index contributed by atoms with van der Waals surface area (Å²) in [4.78, 5) is 51.0. The van der Waals surface area contributed by atoms with Crippen LogP contribution in [0, 0.1) is 6.92 Å². The summed E-state index contributed by atoms with van der Waals surface area (Å²) in [7, 11) is 0. The first-order chi connectivity index (χ1) is 15.4. The van der Waals surface area contributed by atoms with Crippen LogP contribution in [0.25, 0.3) is 0 Å². The first kappa shape index (κ1) is 21.3. The van der Waals surface area contributed by atoms with Crippen LogP contribution in [0.3, 0.4) is 0 Å². The summed E-state index contributed by atoms with van der Waals surface area (Å²) in [6, 6.07) is 17.5. The van der Waals surface area contributed by atoms with Crippen LogP contribution in [0.1, 0.15) is 36.6 Å². The predicted molar refractivity (Wildman–Crippen MR) is 119 cm³/mol. The molecule has 0 aromatic heterocycles. The third-order valence-corrected chi connectivity index (χ3v) is 5.42. The molecule has 1 heterocycles. The van der Waals surface area contributed by atoms with Gasteiger partial charge in [0.1, 0.15) is 0 Å². The number of ether oxygens (including phenoxy) is 1. The van der Waals surface area contributed by atoms with Gasteiger partial charge in [0.2, 0.25) is 0 Å². The van der Waals surface area contributed by atoms with Gasteiger partial charge in [-0.25, -0.2) is 9.69 Å². The molecule has 0 aliphatic carbocycles. The average Bonchev–Trinajstić information content (AvgIpc) is 3.05. The van der Waals surface area contributed by atoms with Crippen molar-refractivity contribution >= 4 is 46.7 Å². The Morgan fingerprint density at radius 3 is 2.28 bits per heavy atom. The summed E-state index contributed by atoms with van der Waals surface area (Å²) >= 11 is 6.04. The van der Waals surface area contributed by atoms with Gasteiger partial charge in [-0.3, -0.25) is 14.4 Å². The van der Waals surface area contributed by atoms with Crippen molar-refractivity contribution in [2.45, 2.75) is 6.92 Å². The minimum Gasteiger partial charge on any atom is -0.452 e. The van der Waals surface area contributed by atoms with Crippen LogP contribution in [0.2, 0.25) is 5.02 Å². The Balaban J connectivity index is 1.44. The Labute approximate surface area is 188 Å². The van der Waals surface area contributed by atoms with Crippen LogP contribution in [0.4, 0.5) is 11.4 Å². The fourth-order valence-corrected chi connectivity index (χ4v) is 3.51. The first-order valence-electron chi connectivity index (χ1n) is 9.67. The quantitative estimate of drug-likeness (QED) is 0.465. The number of carbonyl (C=O) groups is 4. The van der Waals surface area contributed by atoms with E-state index in [1.165, 1.54) is 18.2 Å². The van der Waals surface area contributed by atoms with E-state index in [0.29, 0.717) is 27.4 Å². The Hall–Kier alpha value is -3.97. The summed E-state index contributed by atoms with van der Waals surface area (Å²) in [6.07, 6.45) is 0. The van der Waals surface area contributed by atoms with Crippen molar-refractivity contribution in [2.75, 3.05) is 16.8 Å². The normalized spacial score (nSPS) is 12.5. The second-order valence-corrected chi connectivity index (χ2v) is 7.49. The van der Waals surface area contributed by atoms with E-state index in [2.05, 4.69) is 5.32 Å². The molecule has 7 nitrogen and oxygen atoms in total. The zero-order valence-electron chi connectivity index (χ0n) is 16.9. The number of esters is 1. The van der Waals surface area contributed by atoms with Gasteiger partial charge in [0, 0.05) is 10.7 Å². The van der Waals surface area contributed by atoms with Crippen molar-refractivity contribution in [3.05, 3.63) is 94.0 Å². The molecule has 3 amide bonds. The van der Waals surface area contributed by atoms with Gasteiger partial charge in [-0.05, 0) is 55.0 Å². The molecule has 0 bridgehead atoms. The maximum atomic E-state index is 12.7. The zero-order valence-corrected chi connectivity index (χ0v) is 17.7. The van der Waals surface area contributed by atoms with Crippen LogP contribution in [0.5, 0.6) is 0 Å². The molecule has 3 aromatic carbocycles. The highest BCUT2D eigenvalue weighted by Gasteiger charge is 2.36. The first-order valence-corrected chi connectivity index (χ1v) is 10.0. The highest BCUT2D eigenvalue weighted by atomic mass is 35.5. The van der Waals surface area contributed by atoms with Gasteiger partial charge in [0.25, 0.3) is 17.7 Å². The van der Waals surface area contributed by atoms with E-state index in [1.54, 1.807) is 55.5 Å². The molecule has 3 aromatic rings. The van der Waals surface area contributed by atoms with Crippen LogP contribution >= 0.6 is 11.6 Å². The molecule has 0 unspecified atom stereocenters. The lowest BCUT2D eigenvalue weighted by atomic mass is 10.1. The number of anilines is 2. The van der Waals surface area contributed by atoms with Gasteiger partial charge >= 0.3 is 5.97 Å². The third-order valence-electron chi connectivity index (χ3n) is 5.01. The molecular formula is C24H17ClN2O5. The molecule has 1 N–H and O–H groups in total. The molecule has 32 heavy (non-hydrogen) atoms. The summed E-state index contributed by atoms with van der Waals surface area (Å²) in [5.41, 5.74) is 2.17. The number of nitrogens with one attached hydrogen (secondary N) is 1. The van der Waals surface area contributed by atoms with E-state index in [0.717, 1.165) is 4.90 Å². The molecule has 8 heteroatoms. The minimum absolute atomic E-state index is 0.103. The number of imide groups is 1. The number of fused-ring (bicyclic) bond motifs is 1. The molecule has 0 atom stereocenters. The zero-order chi connectivity index (χ0) is 22.8. The van der Waals surface area contributed by atoms with Crippen molar-refractivity contribution in [1.29, 1.82) is 0 Å². The maximum Gasteiger partial charge on any atom is 0.338 e. The van der Waals surface area contributed by atoms with Gasteiger partial charge in [-0.15, -0.1) is 0 Å². The Morgan fingerprint density at radius 2 is 1.59 bits per heavy atom. The van der Waals surface area contributed by atoms with E-state index >= 15 is 0 Å². The number of halogens is 1. The van der Waals surface area contributed by atoms with Crippen LogP contribution in [0.15, 0.2) is 66.7 Å². The van der Waals surface area contributed by atoms with E-state index in [-0.39, 0.29) is 11.3 Å². The molecule has 1 aliphatic rings. The van der Waals surface area contributed by atoms with Gasteiger partial charge in [0.15, 0.2) is 6.61 Å². The third kappa shape index (κ3) is 3.98. The monoisotopic (exact) mass is 448 g/mol. The smallest absolute Gasteiger partial charge is 0.338 e.